The van der Waals surface area contributed by atoms with E-state index in [1.165, 1.54) is 24.3 Å². The number of rotatable bonds is 6. The second-order valence-corrected chi connectivity index (χ2v) is 3.99. The first-order valence-corrected chi connectivity index (χ1v) is 5.55. The number of hydrogen-bond donors (Lipinski definition) is 0. The van der Waals surface area contributed by atoms with Gasteiger partial charge in [0.15, 0.2) is 0 Å². The summed E-state index contributed by atoms with van der Waals surface area (Å²) in [5.41, 5.74) is 0.366. The highest BCUT2D eigenvalue weighted by Gasteiger charge is 2.09. The topological polar surface area (TPSA) is 35.5 Å². The van der Waals surface area contributed by atoms with Gasteiger partial charge in [0, 0.05) is 13.7 Å². The molecule has 0 aliphatic carbocycles. The number of methoxy groups -OCH3 is 1. The molecule has 0 bridgehead atoms. The van der Waals surface area contributed by atoms with Crippen LogP contribution in [0, 0.1) is 11.7 Å². The average molecular weight is 240 g/mol. The monoisotopic (exact) mass is 240 g/mol. The Morgan fingerprint density at radius 3 is 2.59 bits per heavy atom. The van der Waals surface area contributed by atoms with Gasteiger partial charge in [0.25, 0.3) is 0 Å². The maximum absolute atomic E-state index is 12.6. The van der Waals surface area contributed by atoms with Gasteiger partial charge in [-0.2, -0.15) is 0 Å². The molecule has 0 N–H and O–H groups in total. The predicted molar refractivity (Wildman–Crippen MR) is 62.3 cm³/mol. The minimum absolute atomic E-state index is 0.249. The molecule has 1 atom stereocenters. The summed E-state index contributed by atoms with van der Waals surface area (Å²) < 4.78 is 22.7. The number of ether oxygens (including phenoxy) is 2. The fraction of sp³-hybridized carbons (Fsp3) is 0.462. The van der Waals surface area contributed by atoms with E-state index in [0.717, 1.165) is 6.42 Å². The van der Waals surface area contributed by atoms with E-state index in [9.17, 15) is 9.18 Å². The van der Waals surface area contributed by atoms with Crippen LogP contribution in [-0.4, -0.2) is 26.3 Å². The molecular formula is C13H17FO3. The van der Waals surface area contributed by atoms with Crippen molar-refractivity contribution in [2.45, 2.75) is 13.3 Å². The molecule has 0 saturated heterocycles. The predicted octanol–water partition coefficient (Wildman–Crippen LogP) is 2.66. The van der Waals surface area contributed by atoms with Crippen LogP contribution >= 0.6 is 0 Å². The van der Waals surface area contributed by atoms with E-state index in [0.29, 0.717) is 18.8 Å². The van der Waals surface area contributed by atoms with Crippen molar-refractivity contribution in [2.75, 3.05) is 20.3 Å². The fourth-order valence-corrected chi connectivity index (χ4v) is 1.29. The van der Waals surface area contributed by atoms with Gasteiger partial charge in [-0.3, -0.25) is 0 Å². The second kappa shape index (κ2) is 7.01. The van der Waals surface area contributed by atoms with E-state index in [1.54, 1.807) is 7.11 Å². The lowest BCUT2D eigenvalue weighted by Gasteiger charge is -2.11. The van der Waals surface area contributed by atoms with Crippen molar-refractivity contribution in [1.82, 2.24) is 0 Å². The van der Waals surface area contributed by atoms with Crippen LogP contribution in [0.5, 0.6) is 0 Å². The van der Waals surface area contributed by atoms with E-state index < -0.39 is 5.97 Å². The highest BCUT2D eigenvalue weighted by molar-refractivity contribution is 5.89. The lowest BCUT2D eigenvalue weighted by Crippen LogP contribution is -2.13. The number of esters is 1. The van der Waals surface area contributed by atoms with Crippen molar-refractivity contribution in [3.63, 3.8) is 0 Å². The first kappa shape index (κ1) is 13.6. The van der Waals surface area contributed by atoms with Crippen LogP contribution in [0.25, 0.3) is 0 Å². The van der Waals surface area contributed by atoms with Gasteiger partial charge in [0.1, 0.15) is 5.82 Å². The highest BCUT2D eigenvalue weighted by Crippen LogP contribution is 2.07. The summed E-state index contributed by atoms with van der Waals surface area (Å²) in [7, 11) is 1.64. The van der Waals surface area contributed by atoms with Crippen molar-refractivity contribution < 1.29 is 18.7 Å². The summed E-state index contributed by atoms with van der Waals surface area (Å²) in [6.07, 6.45) is 0.840. The molecule has 0 spiro atoms. The van der Waals surface area contributed by atoms with Gasteiger partial charge in [0.05, 0.1) is 12.2 Å². The third-order valence-corrected chi connectivity index (χ3v) is 2.39. The molecule has 0 aliphatic rings. The summed E-state index contributed by atoms with van der Waals surface area (Å²) in [4.78, 5) is 11.6. The van der Waals surface area contributed by atoms with Crippen LogP contribution in [0.15, 0.2) is 24.3 Å². The Kier molecular flexibility index (Phi) is 5.63. The molecule has 0 saturated carbocycles. The summed E-state index contributed by atoms with van der Waals surface area (Å²) in [5.74, 6) is -0.538. The van der Waals surface area contributed by atoms with Crippen LogP contribution in [0.3, 0.4) is 0 Å². The zero-order valence-corrected chi connectivity index (χ0v) is 10.1. The van der Waals surface area contributed by atoms with Crippen molar-refractivity contribution in [1.29, 1.82) is 0 Å². The SMILES string of the molecule is COCCC(C)COC(=O)c1ccc(F)cc1. The minimum Gasteiger partial charge on any atom is -0.462 e. The molecule has 0 heterocycles. The smallest absolute Gasteiger partial charge is 0.338 e. The van der Waals surface area contributed by atoms with Crippen LogP contribution < -0.4 is 0 Å². The van der Waals surface area contributed by atoms with Gasteiger partial charge >= 0.3 is 5.97 Å². The quantitative estimate of drug-likeness (QED) is 0.717. The van der Waals surface area contributed by atoms with E-state index in [-0.39, 0.29) is 11.7 Å². The molecule has 0 aliphatic heterocycles. The average Bonchev–Trinajstić information content (AvgIpc) is 2.34. The largest absolute Gasteiger partial charge is 0.462 e. The molecule has 1 aromatic rings. The molecule has 17 heavy (non-hydrogen) atoms. The molecule has 0 radical (unpaired) electrons. The molecular weight excluding hydrogens is 223 g/mol. The molecule has 1 rings (SSSR count). The molecule has 94 valence electrons. The second-order valence-electron chi connectivity index (χ2n) is 3.99. The number of hydrogen-bond acceptors (Lipinski definition) is 3. The fourth-order valence-electron chi connectivity index (χ4n) is 1.29. The number of carbonyl (C=O) groups excluding carboxylic acids is 1. The van der Waals surface area contributed by atoms with Gasteiger partial charge < -0.3 is 9.47 Å². The van der Waals surface area contributed by atoms with Gasteiger partial charge in [-0.1, -0.05) is 6.92 Å². The third-order valence-electron chi connectivity index (χ3n) is 2.39. The Bertz CT molecular complexity index is 348. The van der Waals surface area contributed by atoms with E-state index in [1.807, 2.05) is 6.92 Å². The Labute approximate surface area is 101 Å². The number of halogens is 1. The molecule has 0 fully saturated rings. The normalized spacial score (nSPS) is 12.2. The minimum atomic E-state index is -0.422. The molecule has 3 nitrogen and oxygen atoms in total. The van der Waals surface area contributed by atoms with Crippen molar-refractivity contribution >= 4 is 5.97 Å². The maximum Gasteiger partial charge on any atom is 0.338 e. The maximum atomic E-state index is 12.6. The molecule has 0 aromatic heterocycles. The Hall–Kier alpha value is -1.42. The van der Waals surface area contributed by atoms with Crippen LogP contribution in [-0.2, 0) is 9.47 Å². The third kappa shape index (κ3) is 4.95. The van der Waals surface area contributed by atoms with Crippen LogP contribution in [0.1, 0.15) is 23.7 Å². The molecule has 4 heteroatoms. The van der Waals surface area contributed by atoms with Crippen LogP contribution in [0.2, 0.25) is 0 Å². The summed E-state index contributed by atoms with van der Waals surface area (Å²) in [6, 6.07) is 5.31. The van der Waals surface area contributed by atoms with Gasteiger partial charge in [0.2, 0.25) is 0 Å². The van der Waals surface area contributed by atoms with Crippen molar-refractivity contribution in [3.05, 3.63) is 35.6 Å². The van der Waals surface area contributed by atoms with E-state index in [2.05, 4.69) is 0 Å². The number of benzene rings is 1. The van der Waals surface area contributed by atoms with Crippen molar-refractivity contribution in [2.24, 2.45) is 5.92 Å². The van der Waals surface area contributed by atoms with Crippen molar-refractivity contribution in [3.8, 4) is 0 Å². The molecule has 1 unspecified atom stereocenters. The Morgan fingerprint density at radius 1 is 1.35 bits per heavy atom. The first-order valence-electron chi connectivity index (χ1n) is 5.55. The standard InChI is InChI=1S/C13H17FO3/c1-10(7-8-16-2)9-17-13(15)11-3-5-12(14)6-4-11/h3-6,10H,7-9H2,1-2H3. The summed E-state index contributed by atoms with van der Waals surface area (Å²) >= 11 is 0. The summed E-state index contributed by atoms with van der Waals surface area (Å²) in [5, 5.41) is 0. The van der Waals surface area contributed by atoms with Crippen LogP contribution in [0.4, 0.5) is 4.39 Å². The van der Waals surface area contributed by atoms with E-state index >= 15 is 0 Å². The van der Waals surface area contributed by atoms with E-state index in [4.69, 9.17) is 9.47 Å². The lowest BCUT2D eigenvalue weighted by atomic mass is 10.1. The first-order chi connectivity index (χ1) is 8.13. The molecule has 0 amide bonds. The zero-order valence-electron chi connectivity index (χ0n) is 10.1. The summed E-state index contributed by atoms with van der Waals surface area (Å²) in [6.45, 7) is 2.98. The van der Waals surface area contributed by atoms with Gasteiger partial charge in [-0.15, -0.1) is 0 Å². The lowest BCUT2D eigenvalue weighted by molar-refractivity contribution is 0.0424. The zero-order chi connectivity index (χ0) is 12.7. The Morgan fingerprint density at radius 2 is 2.00 bits per heavy atom. The van der Waals surface area contributed by atoms with Gasteiger partial charge in [-0.25, -0.2) is 9.18 Å². The number of carbonyl (C=O) groups is 1. The molecule has 1 aromatic carbocycles. The Balaban J connectivity index is 2.36. The van der Waals surface area contributed by atoms with Gasteiger partial charge in [-0.05, 0) is 36.6 Å². The highest BCUT2D eigenvalue weighted by atomic mass is 19.1.